The van der Waals surface area contributed by atoms with Crippen LogP contribution in [0.4, 0.5) is 5.69 Å². The lowest BCUT2D eigenvalue weighted by atomic mass is 10.2. The summed E-state index contributed by atoms with van der Waals surface area (Å²) in [6.07, 6.45) is 3.15. The van der Waals surface area contributed by atoms with Gasteiger partial charge in [0.05, 0.1) is 18.4 Å². The number of nitrogens with zero attached hydrogens (tertiary/aromatic N) is 5. The van der Waals surface area contributed by atoms with Gasteiger partial charge in [-0.2, -0.15) is 0 Å². The van der Waals surface area contributed by atoms with Crippen LogP contribution in [0.15, 0.2) is 48.8 Å². The number of carbonyl (C=O) groups is 1. The van der Waals surface area contributed by atoms with Gasteiger partial charge in [-0.3, -0.25) is 9.69 Å². The first kappa shape index (κ1) is 15.3. The molecule has 4 rings (SSSR count). The molecule has 25 heavy (non-hydrogen) atoms. The van der Waals surface area contributed by atoms with E-state index in [1.165, 1.54) is 0 Å². The molecule has 0 spiro atoms. The number of aryl methyl sites for hydroxylation is 1. The van der Waals surface area contributed by atoms with Crippen LogP contribution in [0, 0.1) is 6.92 Å². The van der Waals surface area contributed by atoms with Crippen molar-refractivity contribution in [1.29, 1.82) is 0 Å². The summed E-state index contributed by atoms with van der Waals surface area (Å²) in [5, 5.41) is 8.15. The van der Waals surface area contributed by atoms with Crippen LogP contribution in [0.2, 0.25) is 0 Å². The Morgan fingerprint density at radius 2 is 2.16 bits per heavy atom. The maximum Gasteiger partial charge on any atom is 0.280 e. The molecule has 0 unspecified atom stereocenters. The lowest BCUT2D eigenvalue weighted by Gasteiger charge is -2.31. The Morgan fingerprint density at radius 3 is 3.00 bits per heavy atom. The largest absolute Gasteiger partial charge is 0.471 e. The Balaban J connectivity index is 1.66. The molecule has 1 atom stereocenters. The predicted molar refractivity (Wildman–Crippen MR) is 92.1 cm³/mol. The highest BCUT2D eigenvalue weighted by molar-refractivity contribution is 6.05. The average molecular weight is 335 g/mol. The average Bonchev–Trinajstić information content (AvgIpc) is 3.10. The van der Waals surface area contributed by atoms with Crippen LogP contribution in [0.5, 0.6) is 5.88 Å². The summed E-state index contributed by atoms with van der Waals surface area (Å²) in [7, 11) is 0. The molecule has 1 aliphatic rings. The number of anilines is 1. The summed E-state index contributed by atoms with van der Waals surface area (Å²) >= 11 is 0. The monoisotopic (exact) mass is 335 g/mol. The summed E-state index contributed by atoms with van der Waals surface area (Å²) in [4.78, 5) is 18.8. The Bertz CT molecular complexity index is 936. The highest BCUT2D eigenvalue weighted by Crippen LogP contribution is 2.31. The number of benzene rings is 1. The van der Waals surface area contributed by atoms with E-state index in [4.69, 9.17) is 4.74 Å². The minimum atomic E-state index is -0.219. The van der Waals surface area contributed by atoms with Crippen LogP contribution in [-0.2, 0) is 0 Å². The molecule has 126 valence electrons. The molecule has 2 aromatic heterocycles. The summed E-state index contributed by atoms with van der Waals surface area (Å²) < 4.78 is 7.29. The second-order valence-corrected chi connectivity index (χ2v) is 6.06. The Morgan fingerprint density at radius 1 is 1.28 bits per heavy atom. The molecule has 1 aromatic carbocycles. The summed E-state index contributed by atoms with van der Waals surface area (Å²) in [5.41, 5.74) is 2.91. The Kier molecular flexibility index (Phi) is 3.68. The van der Waals surface area contributed by atoms with E-state index in [0.29, 0.717) is 18.1 Å². The van der Waals surface area contributed by atoms with Crippen molar-refractivity contribution in [2.45, 2.75) is 20.0 Å². The molecule has 7 heteroatoms. The van der Waals surface area contributed by atoms with Crippen LogP contribution in [0.1, 0.15) is 23.0 Å². The van der Waals surface area contributed by atoms with Gasteiger partial charge in [0, 0.05) is 6.20 Å². The third-order valence-corrected chi connectivity index (χ3v) is 4.02. The molecule has 0 N–H and O–H groups in total. The normalized spacial score (nSPS) is 16.2. The number of hydrogen-bond donors (Lipinski definition) is 0. The molecule has 3 aromatic rings. The van der Waals surface area contributed by atoms with Crippen LogP contribution < -0.4 is 9.64 Å². The molecule has 0 bridgehead atoms. The molecule has 1 amide bonds. The van der Waals surface area contributed by atoms with Crippen LogP contribution in [-0.4, -0.2) is 38.5 Å². The summed E-state index contributed by atoms with van der Waals surface area (Å²) in [5.74, 6) is 0.240. The van der Waals surface area contributed by atoms with Crippen molar-refractivity contribution in [3.63, 3.8) is 0 Å². The number of hydrogen-bond acceptors (Lipinski definition) is 5. The standard InChI is InChI=1S/C18H17N5O2/c1-12-5-3-6-14(9-12)23-11-15(20-21-23)18(24)22-10-13(2)25-17-16(22)7-4-8-19-17/h3-9,11,13H,10H2,1-2H3/t13-/m0/s1. The van der Waals surface area contributed by atoms with Crippen molar-refractivity contribution in [3.8, 4) is 11.6 Å². The van der Waals surface area contributed by atoms with Gasteiger partial charge in [-0.05, 0) is 43.7 Å². The van der Waals surface area contributed by atoms with Gasteiger partial charge in [-0.15, -0.1) is 5.10 Å². The first-order chi connectivity index (χ1) is 12.1. The van der Waals surface area contributed by atoms with Gasteiger partial charge >= 0.3 is 0 Å². The molecular formula is C18H17N5O2. The zero-order chi connectivity index (χ0) is 17.4. The van der Waals surface area contributed by atoms with E-state index in [0.717, 1.165) is 11.3 Å². The molecule has 0 radical (unpaired) electrons. The van der Waals surface area contributed by atoms with E-state index in [2.05, 4.69) is 15.3 Å². The number of pyridine rings is 1. The number of rotatable bonds is 2. The van der Waals surface area contributed by atoms with Crippen molar-refractivity contribution in [1.82, 2.24) is 20.0 Å². The van der Waals surface area contributed by atoms with E-state index < -0.39 is 0 Å². The van der Waals surface area contributed by atoms with E-state index in [-0.39, 0.29) is 17.7 Å². The lowest BCUT2D eigenvalue weighted by molar-refractivity contribution is 0.0954. The number of aromatic nitrogens is 4. The SMILES string of the molecule is Cc1cccc(-n2cc(C(=O)N3C[C@H](C)Oc4ncccc43)nn2)c1. The van der Waals surface area contributed by atoms with Gasteiger partial charge in [0.25, 0.3) is 5.91 Å². The van der Waals surface area contributed by atoms with Gasteiger partial charge in [0.15, 0.2) is 5.69 Å². The first-order valence-electron chi connectivity index (χ1n) is 8.05. The second-order valence-electron chi connectivity index (χ2n) is 6.06. The highest BCUT2D eigenvalue weighted by Gasteiger charge is 2.30. The molecule has 0 saturated heterocycles. The second kappa shape index (κ2) is 6.01. The maximum absolute atomic E-state index is 12.9. The Hall–Kier alpha value is -3.22. The van der Waals surface area contributed by atoms with Crippen molar-refractivity contribution in [2.75, 3.05) is 11.4 Å². The smallest absolute Gasteiger partial charge is 0.280 e. The van der Waals surface area contributed by atoms with Crippen molar-refractivity contribution >= 4 is 11.6 Å². The van der Waals surface area contributed by atoms with Crippen molar-refractivity contribution in [3.05, 3.63) is 60.0 Å². The quantitative estimate of drug-likeness (QED) is 0.719. The zero-order valence-corrected chi connectivity index (χ0v) is 14.0. The number of ether oxygens (including phenoxy) is 1. The third kappa shape index (κ3) is 2.84. The van der Waals surface area contributed by atoms with E-state index >= 15 is 0 Å². The fourth-order valence-corrected chi connectivity index (χ4v) is 2.85. The van der Waals surface area contributed by atoms with Gasteiger partial charge in [-0.25, -0.2) is 9.67 Å². The fraction of sp³-hybridized carbons (Fsp3) is 0.222. The molecule has 0 aliphatic carbocycles. The summed E-state index contributed by atoms with van der Waals surface area (Å²) in [6, 6.07) is 11.5. The molecule has 7 nitrogen and oxygen atoms in total. The zero-order valence-electron chi connectivity index (χ0n) is 14.0. The number of carbonyl (C=O) groups excluding carboxylic acids is 1. The van der Waals surface area contributed by atoms with E-state index in [9.17, 15) is 4.79 Å². The molecule has 1 aliphatic heterocycles. The molecular weight excluding hydrogens is 318 g/mol. The van der Waals surface area contributed by atoms with Crippen LogP contribution in [0.3, 0.4) is 0 Å². The van der Waals surface area contributed by atoms with Crippen molar-refractivity contribution in [2.24, 2.45) is 0 Å². The van der Waals surface area contributed by atoms with E-state index in [1.54, 1.807) is 28.0 Å². The maximum atomic E-state index is 12.9. The predicted octanol–water partition coefficient (Wildman–Crippen LogP) is 2.40. The molecule has 0 fully saturated rings. The third-order valence-electron chi connectivity index (χ3n) is 4.02. The fourth-order valence-electron chi connectivity index (χ4n) is 2.85. The Labute approximate surface area is 144 Å². The number of amides is 1. The number of fused-ring (bicyclic) bond motifs is 1. The van der Waals surface area contributed by atoms with Gasteiger partial charge in [0.2, 0.25) is 5.88 Å². The van der Waals surface area contributed by atoms with Crippen molar-refractivity contribution < 1.29 is 9.53 Å². The summed E-state index contributed by atoms with van der Waals surface area (Å²) in [6.45, 7) is 4.35. The van der Waals surface area contributed by atoms with Gasteiger partial charge in [0.1, 0.15) is 11.8 Å². The van der Waals surface area contributed by atoms with Crippen LogP contribution >= 0.6 is 0 Å². The molecule has 0 saturated carbocycles. The van der Waals surface area contributed by atoms with E-state index in [1.807, 2.05) is 44.2 Å². The minimum absolute atomic E-state index is 0.141. The molecule has 3 heterocycles. The van der Waals surface area contributed by atoms with Gasteiger partial charge in [-0.1, -0.05) is 17.3 Å². The minimum Gasteiger partial charge on any atom is -0.471 e. The topological polar surface area (TPSA) is 73.1 Å². The van der Waals surface area contributed by atoms with Gasteiger partial charge < -0.3 is 4.74 Å². The first-order valence-corrected chi connectivity index (χ1v) is 8.05. The van der Waals surface area contributed by atoms with Crippen LogP contribution in [0.25, 0.3) is 5.69 Å². The highest BCUT2D eigenvalue weighted by atomic mass is 16.5. The lowest BCUT2D eigenvalue weighted by Crippen LogP contribution is -2.42.